The number of hydrogen-bond acceptors (Lipinski definition) is 5. The number of benzene rings is 1. The molecule has 1 unspecified atom stereocenters. The third-order valence-corrected chi connectivity index (χ3v) is 7.56. The first-order valence-electron chi connectivity index (χ1n) is 11.4. The zero-order chi connectivity index (χ0) is 21.7. The Kier molecular flexibility index (Phi) is 8.24. The molecule has 3 rings (SSSR count). The summed E-state index contributed by atoms with van der Waals surface area (Å²) in [7, 11) is 0. The number of likely N-dealkylation sites (tertiary alicyclic amines) is 1. The fraction of sp³-hybridized carbons (Fsp3) is 0.708. The van der Waals surface area contributed by atoms with E-state index in [1.807, 2.05) is 39.0 Å². The summed E-state index contributed by atoms with van der Waals surface area (Å²) in [6, 6.07) is 9.64. The molecule has 5 atom stereocenters. The molecule has 1 saturated carbocycles. The van der Waals surface area contributed by atoms with Crippen molar-refractivity contribution < 1.29 is 9.90 Å². The lowest BCUT2D eigenvalue weighted by Crippen LogP contribution is -2.59. The number of fused-ring (bicyclic) bond motifs is 1. The fourth-order valence-electron chi connectivity index (χ4n) is 4.82. The zero-order valence-electron chi connectivity index (χ0n) is 18.7. The summed E-state index contributed by atoms with van der Waals surface area (Å²) in [6.07, 6.45) is 5.27. The molecule has 1 heterocycles. The molecular weight excluding hydrogens is 394 g/mol. The van der Waals surface area contributed by atoms with Crippen LogP contribution in [0, 0.1) is 11.8 Å². The van der Waals surface area contributed by atoms with Crippen molar-refractivity contribution in [2.24, 2.45) is 17.6 Å². The van der Waals surface area contributed by atoms with E-state index >= 15 is 0 Å². The summed E-state index contributed by atoms with van der Waals surface area (Å²) in [5, 5.41) is 14.0. The SMILES string of the molecule is CC(C)(C)NC(=O)[C@@H]1C[C@H]2CCCC[C@H]2CN1CC(O)[C@H](N)CSc1ccccc1. The standard InChI is InChI=1S/C24H39N3O2S/c1-24(2,3)26-23(29)21-13-17-9-7-8-10-18(17)14-27(21)15-22(28)20(25)16-30-19-11-5-4-6-12-19/h4-6,11-12,17-18,20-22,28H,7-10,13-16,25H2,1-3H3,(H,26,29)/t17-,18+,20-,21+,22?/m1/s1. The number of thioether (sulfide) groups is 1. The van der Waals surface area contributed by atoms with E-state index in [4.69, 9.17) is 5.73 Å². The quantitative estimate of drug-likeness (QED) is 0.575. The van der Waals surface area contributed by atoms with E-state index in [9.17, 15) is 9.90 Å². The lowest BCUT2D eigenvalue weighted by atomic mass is 9.72. The minimum Gasteiger partial charge on any atom is -0.390 e. The highest BCUT2D eigenvalue weighted by molar-refractivity contribution is 7.99. The van der Waals surface area contributed by atoms with E-state index in [0.29, 0.717) is 24.1 Å². The number of nitrogens with zero attached hydrogens (tertiary/aromatic N) is 1. The van der Waals surface area contributed by atoms with Gasteiger partial charge in [-0.05, 0) is 57.6 Å². The molecule has 0 bridgehead atoms. The van der Waals surface area contributed by atoms with Crippen LogP contribution in [0.25, 0.3) is 0 Å². The Morgan fingerprint density at radius 2 is 1.90 bits per heavy atom. The number of aliphatic hydroxyl groups excluding tert-OH is 1. The highest BCUT2D eigenvalue weighted by Gasteiger charge is 2.41. The molecule has 1 amide bonds. The largest absolute Gasteiger partial charge is 0.390 e. The first kappa shape index (κ1) is 23.6. The Morgan fingerprint density at radius 3 is 2.57 bits per heavy atom. The summed E-state index contributed by atoms with van der Waals surface area (Å²) in [4.78, 5) is 16.5. The third kappa shape index (κ3) is 6.71. The van der Waals surface area contributed by atoms with E-state index in [1.54, 1.807) is 11.8 Å². The number of carbonyl (C=O) groups excluding carboxylic acids is 1. The Morgan fingerprint density at radius 1 is 1.23 bits per heavy atom. The Bertz CT molecular complexity index is 679. The topological polar surface area (TPSA) is 78.6 Å². The van der Waals surface area contributed by atoms with Crippen LogP contribution in [0.5, 0.6) is 0 Å². The molecule has 0 radical (unpaired) electrons. The Labute approximate surface area is 186 Å². The average molecular weight is 434 g/mol. The van der Waals surface area contributed by atoms with Gasteiger partial charge in [-0.25, -0.2) is 0 Å². The first-order valence-corrected chi connectivity index (χ1v) is 12.4. The van der Waals surface area contributed by atoms with Gasteiger partial charge in [-0.2, -0.15) is 0 Å². The molecule has 0 aromatic heterocycles. The van der Waals surface area contributed by atoms with Gasteiger partial charge in [0.2, 0.25) is 5.91 Å². The van der Waals surface area contributed by atoms with Crippen molar-refractivity contribution in [2.75, 3.05) is 18.8 Å². The van der Waals surface area contributed by atoms with Crippen LogP contribution in [0.3, 0.4) is 0 Å². The first-order chi connectivity index (χ1) is 14.2. The van der Waals surface area contributed by atoms with Crippen LogP contribution in [-0.2, 0) is 4.79 Å². The summed E-state index contributed by atoms with van der Waals surface area (Å²) in [5.41, 5.74) is 6.08. The van der Waals surface area contributed by atoms with Gasteiger partial charge in [0.15, 0.2) is 0 Å². The van der Waals surface area contributed by atoms with Crippen molar-refractivity contribution >= 4 is 17.7 Å². The van der Waals surface area contributed by atoms with Crippen molar-refractivity contribution in [1.29, 1.82) is 0 Å². The van der Waals surface area contributed by atoms with Gasteiger partial charge in [-0.15, -0.1) is 11.8 Å². The van der Waals surface area contributed by atoms with Crippen LogP contribution in [0.1, 0.15) is 52.9 Å². The average Bonchev–Trinajstić information content (AvgIpc) is 2.71. The summed E-state index contributed by atoms with van der Waals surface area (Å²) in [5.74, 6) is 2.01. The number of β-amino-alcohol motifs (C(OH)–C–C–N with tert-alkyl or cyclic N) is 1. The number of nitrogens with one attached hydrogen (secondary N) is 1. The Hall–Kier alpha value is -1.08. The number of aliphatic hydroxyl groups is 1. The van der Waals surface area contributed by atoms with E-state index in [-0.39, 0.29) is 23.5 Å². The minimum absolute atomic E-state index is 0.0888. The van der Waals surface area contributed by atoms with Crippen LogP contribution >= 0.6 is 11.8 Å². The summed E-state index contributed by atoms with van der Waals surface area (Å²) < 4.78 is 0. The summed E-state index contributed by atoms with van der Waals surface area (Å²) >= 11 is 1.67. The van der Waals surface area contributed by atoms with Crippen LogP contribution < -0.4 is 11.1 Å². The molecule has 2 aliphatic rings. The van der Waals surface area contributed by atoms with Gasteiger partial charge >= 0.3 is 0 Å². The molecule has 6 heteroatoms. The molecule has 1 aliphatic carbocycles. The molecule has 5 nitrogen and oxygen atoms in total. The second-order valence-corrected chi connectivity index (χ2v) is 11.2. The molecule has 4 N–H and O–H groups in total. The number of hydrogen-bond donors (Lipinski definition) is 3. The summed E-state index contributed by atoms with van der Waals surface area (Å²) in [6.45, 7) is 7.41. The van der Waals surface area contributed by atoms with Crippen molar-refractivity contribution in [3.8, 4) is 0 Å². The molecule has 168 valence electrons. The second kappa shape index (κ2) is 10.5. The molecule has 1 saturated heterocycles. The van der Waals surface area contributed by atoms with Crippen molar-refractivity contribution in [2.45, 2.75) is 81.5 Å². The van der Waals surface area contributed by atoms with Gasteiger partial charge < -0.3 is 16.2 Å². The van der Waals surface area contributed by atoms with Crippen LogP contribution in [0.2, 0.25) is 0 Å². The molecule has 1 aromatic carbocycles. The molecular formula is C24H39N3O2S. The number of carbonyl (C=O) groups is 1. The Balaban J connectivity index is 1.62. The molecule has 1 aliphatic heterocycles. The van der Waals surface area contributed by atoms with Crippen LogP contribution in [0.4, 0.5) is 0 Å². The third-order valence-electron chi connectivity index (χ3n) is 6.40. The van der Waals surface area contributed by atoms with Crippen LogP contribution in [-0.4, -0.2) is 58.5 Å². The highest BCUT2D eigenvalue weighted by Crippen LogP contribution is 2.38. The van der Waals surface area contributed by atoms with Crippen molar-refractivity contribution in [3.05, 3.63) is 30.3 Å². The normalized spacial score (nSPS) is 27.2. The number of nitrogens with two attached hydrogens (primary N) is 1. The maximum atomic E-state index is 13.1. The molecule has 30 heavy (non-hydrogen) atoms. The van der Waals surface area contributed by atoms with Gasteiger partial charge in [0.05, 0.1) is 12.1 Å². The lowest BCUT2D eigenvalue weighted by molar-refractivity contribution is -0.132. The van der Waals surface area contributed by atoms with E-state index < -0.39 is 6.10 Å². The fourth-order valence-corrected chi connectivity index (χ4v) is 5.78. The van der Waals surface area contributed by atoms with Gasteiger partial charge in [0.1, 0.15) is 0 Å². The van der Waals surface area contributed by atoms with Crippen LogP contribution in [0.15, 0.2) is 35.2 Å². The van der Waals surface area contributed by atoms with Crippen molar-refractivity contribution in [1.82, 2.24) is 10.2 Å². The number of rotatable bonds is 7. The molecule has 2 fully saturated rings. The predicted octanol–water partition coefficient (Wildman–Crippen LogP) is 3.26. The van der Waals surface area contributed by atoms with Gasteiger partial charge in [-0.1, -0.05) is 37.5 Å². The van der Waals surface area contributed by atoms with Gasteiger partial charge in [0.25, 0.3) is 0 Å². The minimum atomic E-state index is -0.647. The molecule has 1 aromatic rings. The van der Waals surface area contributed by atoms with E-state index in [1.165, 1.54) is 25.7 Å². The van der Waals surface area contributed by atoms with Crippen molar-refractivity contribution in [3.63, 3.8) is 0 Å². The predicted molar refractivity (Wildman–Crippen MR) is 124 cm³/mol. The number of amides is 1. The lowest BCUT2D eigenvalue weighted by Gasteiger charge is -2.46. The molecule has 0 spiro atoms. The second-order valence-electron chi connectivity index (χ2n) is 10.1. The zero-order valence-corrected chi connectivity index (χ0v) is 19.5. The maximum absolute atomic E-state index is 13.1. The highest BCUT2D eigenvalue weighted by atomic mass is 32.2. The maximum Gasteiger partial charge on any atom is 0.237 e. The number of piperidine rings is 1. The van der Waals surface area contributed by atoms with E-state index in [0.717, 1.165) is 17.9 Å². The smallest absolute Gasteiger partial charge is 0.237 e. The monoisotopic (exact) mass is 433 g/mol. The van der Waals surface area contributed by atoms with E-state index in [2.05, 4.69) is 22.3 Å². The van der Waals surface area contributed by atoms with Gasteiger partial charge in [0, 0.05) is 35.3 Å². The van der Waals surface area contributed by atoms with Gasteiger partial charge in [-0.3, -0.25) is 9.69 Å².